The van der Waals surface area contributed by atoms with Gasteiger partial charge in [-0.2, -0.15) is 5.10 Å². The van der Waals surface area contributed by atoms with Crippen molar-refractivity contribution in [2.24, 2.45) is 5.92 Å². The van der Waals surface area contributed by atoms with Gasteiger partial charge in [0, 0.05) is 12.1 Å². The van der Waals surface area contributed by atoms with Crippen LogP contribution >= 0.6 is 0 Å². The molecule has 2 aromatic heterocycles. The zero-order valence-corrected chi connectivity index (χ0v) is 10.2. The Morgan fingerprint density at radius 2 is 2.12 bits per heavy atom. The van der Waals surface area contributed by atoms with Gasteiger partial charge in [-0.1, -0.05) is 19.9 Å². The van der Waals surface area contributed by atoms with Crippen molar-refractivity contribution in [3.63, 3.8) is 0 Å². The molecule has 4 heteroatoms. The summed E-state index contributed by atoms with van der Waals surface area (Å²) in [6.45, 7) is 5.66. The van der Waals surface area contributed by atoms with Crippen LogP contribution in [-0.4, -0.2) is 20.5 Å². The molecule has 0 aliphatic carbocycles. The minimum Gasteiger partial charge on any atom is -0.294 e. The van der Waals surface area contributed by atoms with Gasteiger partial charge in [0.05, 0.1) is 17.5 Å². The van der Waals surface area contributed by atoms with Crippen molar-refractivity contribution in [3.05, 3.63) is 41.9 Å². The third kappa shape index (κ3) is 2.11. The Morgan fingerprint density at radius 3 is 2.71 bits per heavy atom. The number of hydrogen-bond acceptors (Lipinski definition) is 3. The molecule has 2 aromatic rings. The van der Waals surface area contributed by atoms with Crippen molar-refractivity contribution in [1.29, 1.82) is 0 Å². The van der Waals surface area contributed by atoms with Crippen molar-refractivity contribution in [2.45, 2.75) is 20.8 Å². The van der Waals surface area contributed by atoms with Gasteiger partial charge in [0.25, 0.3) is 0 Å². The van der Waals surface area contributed by atoms with Gasteiger partial charge in [-0.05, 0) is 19.1 Å². The average Bonchev–Trinajstić information content (AvgIpc) is 2.71. The van der Waals surface area contributed by atoms with Crippen LogP contribution in [0.4, 0.5) is 0 Å². The van der Waals surface area contributed by atoms with Gasteiger partial charge in [-0.15, -0.1) is 0 Å². The standard InChI is InChI=1S/C13H15N3O/c1-9(2)13(17)11-8-15-16(10(11)3)12-6-4-5-7-14-12/h4-9H,1-3H3. The van der Waals surface area contributed by atoms with Crippen LogP contribution in [0.15, 0.2) is 30.6 Å². The quantitative estimate of drug-likeness (QED) is 0.759. The Morgan fingerprint density at radius 1 is 1.35 bits per heavy atom. The summed E-state index contributed by atoms with van der Waals surface area (Å²) in [4.78, 5) is 16.2. The molecule has 0 saturated heterocycles. The Kier molecular flexibility index (Phi) is 3.04. The largest absolute Gasteiger partial charge is 0.294 e. The van der Waals surface area contributed by atoms with Crippen LogP contribution in [-0.2, 0) is 0 Å². The number of nitrogens with zero attached hydrogens (tertiary/aromatic N) is 3. The number of carbonyl (C=O) groups is 1. The van der Waals surface area contributed by atoms with Crippen LogP contribution in [0.2, 0.25) is 0 Å². The topological polar surface area (TPSA) is 47.8 Å². The van der Waals surface area contributed by atoms with E-state index in [-0.39, 0.29) is 11.7 Å². The summed E-state index contributed by atoms with van der Waals surface area (Å²) in [7, 11) is 0. The van der Waals surface area contributed by atoms with Crippen molar-refractivity contribution in [2.75, 3.05) is 0 Å². The Bertz CT molecular complexity index is 529. The number of pyridine rings is 1. The van der Waals surface area contributed by atoms with E-state index in [0.29, 0.717) is 5.56 Å². The first-order valence-electron chi connectivity index (χ1n) is 5.61. The van der Waals surface area contributed by atoms with Gasteiger partial charge in [-0.25, -0.2) is 9.67 Å². The molecular formula is C13H15N3O. The maximum atomic E-state index is 11.9. The fourth-order valence-electron chi connectivity index (χ4n) is 1.67. The molecule has 0 amide bonds. The lowest BCUT2D eigenvalue weighted by atomic mass is 10.0. The summed E-state index contributed by atoms with van der Waals surface area (Å²) in [5.41, 5.74) is 1.51. The molecule has 0 atom stereocenters. The van der Waals surface area contributed by atoms with Gasteiger partial charge in [0.15, 0.2) is 11.6 Å². The lowest BCUT2D eigenvalue weighted by Crippen LogP contribution is -2.09. The van der Waals surface area contributed by atoms with Crippen LogP contribution < -0.4 is 0 Å². The first-order valence-corrected chi connectivity index (χ1v) is 5.61. The first kappa shape index (κ1) is 11.5. The molecule has 2 rings (SSSR count). The monoisotopic (exact) mass is 229 g/mol. The molecule has 17 heavy (non-hydrogen) atoms. The first-order chi connectivity index (χ1) is 8.11. The van der Waals surface area contributed by atoms with E-state index in [1.54, 1.807) is 17.1 Å². The van der Waals surface area contributed by atoms with Gasteiger partial charge >= 0.3 is 0 Å². The Hall–Kier alpha value is -1.97. The highest BCUT2D eigenvalue weighted by Gasteiger charge is 2.17. The van der Waals surface area contributed by atoms with E-state index in [0.717, 1.165) is 11.5 Å². The van der Waals surface area contributed by atoms with Crippen LogP contribution in [0, 0.1) is 12.8 Å². The van der Waals surface area contributed by atoms with Gasteiger partial charge in [0.2, 0.25) is 0 Å². The summed E-state index contributed by atoms with van der Waals surface area (Å²) in [6.07, 6.45) is 3.33. The molecule has 0 spiro atoms. The highest BCUT2D eigenvalue weighted by atomic mass is 16.1. The molecule has 0 unspecified atom stereocenters. The Balaban J connectivity index is 2.44. The number of aromatic nitrogens is 3. The van der Waals surface area contributed by atoms with Crippen molar-refractivity contribution < 1.29 is 4.79 Å². The molecule has 0 bridgehead atoms. The molecule has 0 N–H and O–H groups in total. The second-order valence-corrected chi connectivity index (χ2v) is 4.26. The molecule has 0 saturated carbocycles. The van der Waals surface area contributed by atoms with E-state index in [2.05, 4.69) is 10.1 Å². The molecule has 2 heterocycles. The third-order valence-corrected chi connectivity index (χ3v) is 2.67. The fraction of sp³-hybridized carbons (Fsp3) is 0.308. The minimum atomic E-state index is -0.0184. The predicted octanol–water partition coefficient (Wildman–Crippen LogP) is 2.41. The second-order valence-electron chi connectivity index (χ2n) is 4.26. The number of carbonyl (C=O) groups excluding carboxylic acids is 1. The highest BCUT2D eigenvalue weighted by Crippen LogP contribution is 2.15. The smallest absolute Gasteiger partial charge is 0.168 e. The molecule has 0 fully saturated rings. The van der Waals surface area contributed by atoms with E-state index in [1.807, 2.05) is 39.0 Å². The minimum absolute atomic E-state index is 0.0184. The molecule has 0 aliphatic rings. The SMILES string of the molecule is Cc1c(C(=O)C(C)C)cnn1-c1ccccn1. The van der Waals surface area contributed by atoms with E-state index in [1.165, 1.54) is 0 Å². The number of hydrogen-bond donors (Lipinski definition) is 0. The van der Waals surface area contributed by atoms with E-state index < -0.39 is 0 Å². The van der Waals surface area contributed by atoms with Crippen LogP contribution in [0.25, 0.3) is 5.82 Å². The summed E-state index contributed by atoms with van der Waals surface area (Å²) < 4.78 is 1.69. The van der Waals surface area contributed by atoms with Gasteiger partial charge in [-0.3, -0.25) is 4.79 Å². The number of ketones is 1. The molecule has 0 aromatic carbocycles. The molecule has 88 valence electrons. The average molecular weight is 229 g/mol. The molecule has 4 nitrogen and oxygen atoms in total. The zero-order valence-electron chi connectivity index (χ0n) is 10.2. The van der Waals surface area contributed by atoms with E-state index >= 15 is 0 Å². The van der Waals surface area contributed by atoms with Crippen molar-refractivity contribution in [3.8, 4) is 5.82 Å². The normalized spacial score (nSPS) is 10.8. The number of Topliss-reactive ketones (excluding diaryl/α,β-unsaturated/α-hetero) is 1. The molecule has 0 aliphatic heterocycles. The van der Waals surface area contributed by atoms with Gasteiger partial charge in [0.1, 0.15) is 0 Å². The highest BCUT2D eigenvalue weighted by molar-refractivity contribution is 5.98. The summed E-state index contributed by atoms with van der Waals surface area (Å²) >= 11 is 0. The van der Waals surface area contributed by atoms with Crippen LogP contribution in [0.3, 0.4) is 0 Å². The van der Waals surface area contributed by atoms with Gasteiger partial charge < -0.3 is 0 Å². The molecule has 0 radical (unpaired) electrons. The fourth-order valence-corrected chi connectivity index (χ4v) is 1.67. The van der Waals surface area contributed by atoms with Crippen molar-refractivity contribution >= 4 is 5.78 Å². The van der Waals surface area contributed by atoms with Crippen LogP contribution in [0.1, 0.15) is 29.9 Å². The zero-order chi connectivity index (χ0) is 12.4. The number of rotatable bonds is 3. The maximum Gasteiger partial charge on any atom is 0.168 e. The summed E-state index contributed by atoms with van der Waals surface area (Å²) in [6, 6.07) is 5.61. The lowest BCUT2D eigenvalue weighted by molar-refractivity contribution is 0.0939. The second kappa shape index (κ2) is 4.49. The lowest BCUT2D eigenvalue weighted by Gasteiger charge is -2.05. The van der Waals surface area contributed by atoms with E-state index in [9.17, 15) is 4.79 Å². The maximum absolute atomic E-state index is 11.9. The summed E-state index contributed by atoms with van der Waals surface area (Å²) in [5, 5.41) is 4.22. The van der Waals surface area contributed by atoms with E-state index in [4.69, 9.17) is 0 Å². The van der Waals surface area contributed by atoms with Crippen LogP contribution in [0.5, 0.6) is 0 Å². The summed E-state index contributed by atoms with van der Waals surface area (Å²) in [5.74, 6) is 0.826. The third-order valence-electron chi connectivity index (χ3n) is 2.67. The predicted molar refractivity (Wildman–Crippen MR) is 65.3 cm³/mol. The van der Waals surface area contributed by atoms with Crippen molar-refractivity contribution in [1.82, 2.24) is 14.8 Å². The Labute approximate surface area is 100 Å². The molecular weight excluding hydrogens is 214 g/mol.